The summed E-state index contributed by atoms with van der Waals surface area (Å²) in [6, 6.07) is 0.452. The second-order valence-electron chi connectivity index (χ2n) is 5.02. The molecule has 0 saturated carbocycles. The Balaban J connectivity index is 2.71. The normalized spacial score (nSPS) is 19.9. The fraction of sp³-hybridized carbons (Fsp3) is 0.833. The number of ether oxygens (including phenoxy) is 1. The minimum Gasteiger partial charge on any atom is -0.501 e. The molecule has 2 heteroatoms. The molecule has 1 atom stereocenters. The van der Waals surface area contributed by atoms with Gasteiger partial charge in [0.05, 0.1) is 12.9 Å². The van der Waals surface area contributed by atoms with Crippen LogP contribution in [0.3, 0.4) is 0 Å². The minimum absolute atomic E-state index is 0.266. The summed E-state index contributed by atoms with van der Waals surface area (Å²) in [6.45, 7) is 10.9. The number of rotatable bonds is 3. The highest BCUT2D eigenvalue weighted by Gasteiger charge is 2.28. The van der Waals surface area contributed by atoms with Crippen molar-refractivity contribution >= 4 is 0 Å². The highest BCUT2D eigenvalue weighted by atomic mass is 16.5. The van der Waals surface area contributed by atoms with Gasteiger partial charge in [0.1, 0.15) is 0 Å². The largest absolute Gasteiger partial charge is 0.501 e. The van der Waals surface area contributed by atoms with E-state index in [0.29, 0.717) is 6.04 Å². The molecule has 1 aliphatic rings. The van der Waals surface area contributed by atoms with Crippen LogP contribution in [0.5, 0.6) is 0 Å². The highest BCUT2D eigenvalue weighted by Crippen LogP contribution is 2.29. The van der Waals surface area contributed by atoms with Crippen molar-refractivity contribution in [1.82, 2.24) is 5.32 Å². The monoisotopic (exact) mass is 197 g/mol. The Hall–Kier alpha value is -0.500. The van der Waals surface area contributed by atoms with Crippen molar-refractivity contribution in [2.75, 3.05) is 13.2 Å². The molecular weight excluding hydrogens is 174 g/mol. The van der Waals surface area contributed by atoms with Crippen molar-refractivity contribution in [3.63, 3.8) is 0 Å². The Labute approximate surface area is 87.7 Å². The Bertz CT molecular complexity index is 203. The van der Waals surface area contributed by atoms with Gasteiger partial charge in [-0.25, -0.2) is 0 Å². The minimum atomic E-state index is 0.266. The molecule has 0 aromatic heterocycles. The SMILES string of the molecule is CCNC(C1=COCCC1)C(C)(C)C. The average Bonchev–Trinajstić information content (AvgIpc) is 2.14. The molecule has 0 radical (unpaired) electrons. The van der Waals surface area contributed by atoms with Gasteiger partial charge in [-0.2, -0.15) is 0 Å². The maximum Gasteiger partial charge on any atom is 0.0876 e. The summed E-state index contributed by atoms with van der Waals surface area (Å²) in [4.78, 5) is 0. The van der Waals surface area contributed by atoms with E-state index < -0.39 is 0 Å². The number of likely N-dealkylation sites (N-methyl/N-ethyl adjacent to an activating group) is 1. The van der Waals surface area contributed by atoms with E-state index in [1.165, 1.54) is 12.0 Å². The Morgan fingerprint density at radius 1 is 1.50 bits per heavy atom. The van der Waals surface area contributed by atoms with Gasteiger partial charge in [0.25, 0.3) is 0 Å². The van der Waals surface area contributed by atoms with E-state index >= 15 is 0 Å². The van der Waals surface area contributed by atoms with Gasteiger partial charge in [0, 0.05) is 6.04 Å². The summed E-state index contributed by atoms with van der Waals surface area (Å²) in [5.41, 5.74) is 1.69. The van der Waals surface area contributed by atoms with Gasteiger partial charge in [0.2, 0.25) is 0 Å². The van der Waals surface area contributed by atoms with Crippen LogP contribution in [0.1, 0.15) is 40.5 Å². The number of hydrogen-bond acceptors (Lipinski definition) is 2. The van der Waals surface area contributed by atoms with Crippen LogP contribution in [0, 0.1) is 5.41 Å². The fourth-order valence-electron chi connectivity index (χ4n) is 1.99. The molecule has 1 aliphatic heterocycles. The van der Waals surface area contributed by atoms with Gasteiger partial charge in [-0.15, -0.1) is 0 Å². The molecule has 0 aromatic carbocycles. The van der Waals surface area contributed by atoms with Crippen molar-refractivity contribution in [3.8, 4) is 0 Å². The summed E-state index contributed by atoms with van der Waals surface area (Å²) in [5, 5.41) is 3.54. The van der Waals surface area contributed by atoms with Crippen molar-refractivity contribution in [3.05, 3.63) is 11.8 Å². The van der Waals surface area contributed by atoms with Gasteiger partial charge in [0.15, 0.2) is 0 Å². The van der Waals surface area contributed by atoms with E-state index in [1.807, 2.05) is 6.26 Å². The zero-order chi connectivity index (χ0) is 10.6. The summed E-state index contributed by atoms with van der Waals surface area (Å²) in [5.74, 6) is 0. The van der Waals surface area contributed by atoms with E-state index in [4.69, 9.17) is 4.74 Å². The third-order valence-electron chi connectivity index (χ3n) is 2.61. The van der Waals surface area contributed by atoms with Gasteiger partial charge >= 0.3 is 0 Å². The second kappa shape index (κ2) is 4.83. The zero-order valence-corrected chi connectivity index (χ0v) is 9.89. The predicted octanol–water partition coefficient (Wildman–Crippen LogP) is 2.70. The molecule has 14 heavy (non-hydrogen) atoms. The van der Waals surface area contributed by atoms with Gasteiger partial charge in [-0.3, -0.25) is 0 Å². The predicted molar refractivity (Wildman–Crippen MR) is 60.2 cm³/mol. The quantitative estimate of drug-likeness (QED) is 0.751. The van der Waals surface area contributed by atoms with Crippen LogP contribution >= 0.6 is 0 Å². The molecular formula is C12H23NO. The molecule has 0 fully saturated rings. The lowest BCUT2D eigenvalue weighted by Crippen LogP contribution is -2.42. The standard InChI is InChI=1S/C12H23NO/c1-5-13-11(12(2,3)4)10-7-6-8-14-9-10/h9,11,13H,5-8H2,1-4H3. The van der Waals surface area contributed by atoms with E-state index in [9.17, 15) is 0 Å². The van der Waals surface area contributed by atoms with E-state index in [2.05, 4.69) is 33.0 Å². The Morgan fingerprint density at radius 2 is 2.21 bits per heavy atom. The lowest BCUT2D eigenvalue weighted by Gasteiger charge is -2.34. The molecule has 0 saturated heterocycles. The van der Waals surface area contributed by atoms with E-state index in [-0.39, 0.29) is 5.41 Å². The maximum absolute atomic E-state index is 5.40. The molecule has 1 rings (SSSR count). The molecule has 1 heterocycles. The molecule has 0 aliphatic carbocycles. The first-order valence-electron chi connectivity index (χ1n) is 5.59. The highest BCUT2D eigenvalue weighted by molar-refractivity contribution is 5.13. The Morgan fingerprint density at radius 3 is 2.64 bits per heavy atom. The zero-order valence-electron chi connectivity index (χ0n) is 9.89. The average molecular weight is 197 g/mol. The van der Waals surface area contributed by atoms with Gasteiger partial charge in [-0.1, -0.05) is 27.7 Å². The summed E-state index contributed by atoms with van der Waals surface area (Å²) < 4.78 is 5.40. The molecule has 1 N–H and O–H groups in total. The number of hydrogen-bond donors (Lipinski definition) is 1. The molecule has 82 valence electrons. The summed E-state index contributed by atoms with van der Waals surface area (Å²) >= 11 is 0. The molecule has 0 bridgehead atoms. The first-order chi connectivity index (χ1) is 6.55. The molecule has 0 amide bonds. The van der Waals surface area contributed by atoms with Gasteiger partial charge < -0.3 is 10.1 Å². The van der Waals surface area contributed by atoms with Crippen molar-refractivity contribution in [2.24, 2.45) is 5.41 Å². The van der Waals surface area contributed by atoms with Crippen LogP contribution in [0.25, 0.3) is 0 Å². The van der Waals surface area contributed by atoms with Crippen LogP contribution in [-0.2, 0) is 4.74 Å². The van der Waals surface area contributed by atoms with E-state index in [1.54, 1.807) is 0 Å². The Kier molecular flexibility index (Phi) is 3.99. The lowest BCUT2D eigenvalue weighted by molar-refractivity contribution is 0.204. The third kappa shape index (κ3) is 3.02. The van der Waals surface area contributed by atoms with Crippen molar-refractivity contribution in [2.45, 2.75) is 46.6 Å². The third-order valence-corrected chi connectivity index (χ3v) is 2.61. The van der Waals surface area contributed by atoms with Crippen LogP contribution < -0.4 is 5.32 Å². The van der Waals surface area contributed by atoms with Crippen LogP contribution in [0.4, 0.5) is 0 Å². The van der Waals surface area contributed by atoms with Crippen molar-refractivity contribution < 1.29 is 4.74 Å². The molecule has 1 unspecified atom stereocenters. The molecule has 0 aromatic rings. The summed E-state index contributed by atoms with van der Waals surface area (Å²) in [6.07, 6.45) is 4.29. The van der Waals surface area contributed by atoms with Crippen LogP contribution in [0.15, 0.2) is 11.8 Å². The van der Waals surface area contributed by atoms with E-state index in [0.717, 1.165) is 19.6 Å². The number of nitrogens with one attached hydrogen (secondary N) is 1. The first-order valence-corrected chi connectivity index (χ1v) is 5.59. The van der Waals surface area contributed by atoms with Gasteiger partial charge in [-0.05, 0) is 30.4 Å². The maximum atomic E-state index is 5.40. The topological polar surface area (TPSA) is 21.3 Å². The summed E-state index contributed by atoms with van der Waals surface area (Å²) in [7, 11) is 0. The van der Waals surface area contributed by atoms with Crippen molar-refractivity contribution in [1.29, 1.82) is 0 Å². The molecule has 2 nitrogen and oxygen atoms in total. The van der Waals surface area contributed by atoms with Crippen LogP contribution in [-0.4, -0.2) is 19.2 Å². The second-order valence-corrected chi connectivity index (χ2v) is 5.02. The fourth-order valence-corrected chi connectivity index (χ4v) is 1.99. The first kappa shape index (κ1) is 11.6. The smallest absolute Gasteiger partial charge is 0.0876 e. The van der Waals surface area contributed by atoms with Crippen LogP contribution in [0.2, 0.25) is 0 Å². The lowest BCUT2D eigenvalue weighted by atomic mass is 9.80. The molecule has 0 spiro atoms.